The number of nitro groups is 1. The van der Waals surface area contributed by atoms with Crippen LogP contribution in [-0.2, 0) is 9.59 Å². The zero-order valence-corrected chi connectivity index (χ0v) is 16.3. The largest absolute Gasteiger partial charge is 0.456 e. The molecule has 0 aliphatic carbocycles. The van der Waals surface area contributed by atoms with Crippen molar-refractivity contribution in [1.82, 2.24) is 4.90 Å². The topological polar surface area (TPSA) is 117 Å². The van der Waals surface area contributed by atoms with Gasteiger partial charge in [0.15, 0.2) is 0 Å². The Morgan fingerprint density at radius 2 is 1.79 bits per heavy atom. The van der Waals surface area contributed by atoms with Crippen molar-refractivity contribution in [2.24, 2.45) is 0 Å². The van der Waals surface area contributed by atoms with E-state index in [9.17, 15) is 25.0 Å². The Kier molecular flexibility index (Phi) is 4.91. The first-order valence-electron chi connectivity index (χ1n) is 8.67. The van der Waals surface area contributed by atoms with E-state index in [1.54, 1.807) is 25.1 Å². The average Bonchev–Trinajstić information content (AvgIpc) is 3.14. The van der Waals surface area contributed by atoms with Crippen molar-refractivity contribution in [1.29, 1.82) is 5.26 Å². The number of hydrogen-bond donors (Lipinski definition) is 0. The summed E-state index contributed by atoms with van der Waals surface area (Å²) in [5.74, 6) is -0.656. The number of hydrogen-bond acceptors (Lipinski definition) is 6. The van der Waals surface area contributed by atoms with Gasteiger partial charge in [-0.2, -0.15) is 5.26 Å². The SMILES string of the molecule is CC1=C(C#N)C(=O)N(C)C(=O)/C1=C/c1ccc(-c2cc(C)c(C)cc2[N+](=O)[O-])o1. The summed E-state index contributed by atoms with van der Waals surface area (Å²) in [4.78, 5) is 36.3. The highest BCUT2D eigenvalue weighted by Crippen LogP contribution is 2.34. The fourth-order valence-electron chi connectivity index (χ4n) is 3.06. The van der Waals surface area contributed by atoms with Crippen molar-refractivity contribution in [2.45, 2.75) is 20.8 Å². The molecule has 1 aromatic carbocycles. The van der Waals surface area contributed by atoms with Crippen molar-refractivity contribution >= 4 is 23.6 Å². The number of imide groups is 1. The second kappa shape index (κ2) is 7.20. The summed E-state index contributed by atoms with van der Waals surface area (Å²) >= 11 is 0. The first-order valence-corrected chi connectivity index (χ1v) is 8.67. The number of benzene rings is 1. The van der Waals surface area contributed by atoms with E-state index in [0.29, 0.717) is 5.56 Å². The predicted molar refractivity (Wildman–Crippen MR) is 104 cm³/mol. The maximum atomic E-state index is 12.5. The molecule has 0 atom stereocenters. The van der Waals surface area contributed by atoms with Crippen LogP contribution in [0.25, 0.3) is 17.4 Å². The summed E-state index contributed by atoms with van der Waals surface area (Å²) < 4.78 is 5.74. The van der Waals surface area contributed by atoms with E-state index < -0.39 is 16.7 Å². The molecule has 2 aromatic rings. The maximum absolute atomic E-state index is 12.5. The molecule has 2 amide bonds. The lowest BCUT2D eigenvalue weighted by Crippen LogP contribution is -2.39. The van der Waals surface area contributed by atoms with Gasteiger partial charge >= 0.3 is 0 Å². The van der Waals surface area contributed by atoms with Crippen LogP contribution in [0.1, 0.15) is 23.8 Å². The van der Waals surface area contributed by atoms with Crippen LogP contribution in [0.5, 0.6) is 0 Å². The Balaban J connectivity index is 2.11. The van der Waals surface area contributed by atoms with Gasteiger partial charge in [0.25, 0.3) is 17.5 Å². The van der Waals surface area contributed by atoms with Gasteiger partial charge in [-0.3, -0.25) is 24.6 Å². The van der Waals surface area contributed by atoms with E-state index in [1.807, 2.05) is 13.0 Å². The fourth-order valence-corrected chi connectivity index (χ4v) is 3.06. The molecular weight excluding hydrogens is 374 g/mol. The van der Waals surface area contributed by atoms with Crippen molar-refractivity contribution in [3.63, 3.8) is 0 Å². The molecule has 8 heteroatoms. The molecule has 3 rings (SSSR count). The standard InChI is InChI=1S/C21H17N3O5/c1-11-7-16(18(24(27)28)8-12(11)2)19-6-5-14(29-19)9-15-13(3)17(10-22)21(26)23(4)20(15)25/h5-9H,1-4H3/b15-9+. The van der Waals surface area contributed by atoms with Crippen LogP contribution in [0.4, 0.5) is 5.69 Å². The number of likely N-dealkylation sites (N-methyl/N-ethyl adjacent to an activating group) is 1. The van der Waals surface area contributed by atoms with Gasteiger partial charge in [0.1, 0.15) is 23.2 Å². The van der Waals surface area contributed by atoms with Gasteiger partial charge in [0.05, 0.1) is 10.5 Å². The lowest BCUT2D eigenvalue weighted by atomic mass is 9.95. The number of nitro benzene ring substituents is 1. The van der Waals surface area contributed by atoms with Gasteiger partial charge in [-0.05, 0) is 61.7 Å². The van der Waals surface area contributed by atoms with E-state index in [0.717, 1.165) is 16.0 Å². The van der Waals surface area contributed by atoms with Gasteiger partial charge in [0.2, 0.25) is 0 Å². The van der Waals surface area contributed by atoms with Gasteiger partial charge < -0.3 is 4.42 Å². The first kappa shape index (κ1) is 19.8. The number of furan rings is 1. The highest BCUT2D eigenvalue weighted by Gasteiger charge is 2.33. The quantitative estimate of drug-likeness (QED) is 0.341. The van der Waals surface area contributed by atoms with E-state index in [-0.39, 0.29) is 33.9 Å². The minimum Gasteiger partial charge on any atom is -0.456 e. The lowest BCUT2D eigenvalue weighted by molar-refractivity contribution is -0.384. The lowest BCUT2D eigenvalue weighted by Gasteiger charge is -2.23. The molecule has 0 N–H and O–H groups in total. The monoisotopic (exact) mass is 391 g/mol. The Morgan fingerprint density at radius 1 is 1.14 bits per heavy atom. The molecule has 1 aliphatic rings. The van der Waals surface area contributed by atoms with Crippen LogP contribution in [0, 0.1) is 35.3 Å². The van der Waals surface area contributed by atoms with Crippen LogP contribution >= 0.6 is 0 Å². The van der Waals surface area contributed by atoms with Gasteiger partial charge in [-0.25, -0.2) is 0 Å². The number of carbonyl (C=O) groups excluding carboxylic acids is 2. The normalized spacial score (nSPS) is 15.8. The van der Waals surface area contributed by atoms with Crippen LogP contribution < -0.4 is 0 Å². The number of rotatable bonds is 3. The third kappa shape index (κ3) is 3.34. The number of nitriles is 1. The fraction of sp³-hybridized carbons (Fsp3) is 0.190. The minimum atomic E-state index is -0.655. The molecule has 0 bridgehead atoms. The Morgan fingerprint density at radius 3 is 2.41 bits per heavy atom. The molecule has 1 aromatic heterocycles. The zero-order valence-electron chi connectivity index (χ0n) is 16.3. The summed E-state index contributed by atoms with van der Waals surface area (Å²) in [5, 5.41) is 20.7. The van der Waals surface area contributed by atoms with Gasteiger partial charge in [0, 0.05) is 18.7 Å². The molecule has 0 radical (unpaired) electrons. The Bertz CT molecular complexity index is 1180. The van der Waals surface area contributed by atoms with E-state index in [2.05, 4.69) is 0 Å². The number of amides is 2. The molecule has 146 valence electrons. The Hall–Kier alpha value is -3.99. The second-order valence-electron chi connectivity index (χ2n) is 6.75. The van der Waals surface area contributed by atoms with E-state index >= 15 is 0 Å². The average molecular weight is 391 g/mol. The maximum Gasteiger partial charge on any atom is 0.280 e. The van der Waals surface area contributed by atoms with Gasteiger partial charge in [-0.15, -0.1) is 0 Å². The molecule has 0 saturated carbocycles. The summed E-state index contributed by atoms with van der Waals surface area (Å²) in [7, 11) is 1.30. The third-order valence-corrected chi connectivity index (χ3v) is 4.93. The number of aryl methyl sites for hydroxylation is 2. The van der Waals surface area contributed by atoms with Crippen molar-refractivity contribution in [3.8, 4) is 17.4 Å². The first-order chi connectivity index (χ1) is 13.6. The highest BCUT2D eigenvalue weighted by molar-refractivity contribution is 6.19. The van der Waals surface area contributed by atoms with Crippen molar-refractivity contribution in [2.75, 3.05) is 7.05 Å². The number of nitrogens with zero attached hydrogens (tertiary/aromatic N) is 3. The van der Waals surface area contributed by atoms with Crippen LogP contribution in [0.3, 0.4) is 0 Å². The molecule has 2 heterocycles. The van der Waals surface area contributed by atoms with Gasteiger partial charge in [-0.1, -0.05) is 0 Å². The van der Waals surface area contributed by atoms with Crippen molar-refractivity contribution < 1.29 is 18.9 Å². The van der Waals surface area contributed by atoms with Crippen molar-refractivity contribution in [3.05, 3.63) is 68.0 Å². The Labute approximate surface area is 166 Å². The molecular formula is C21H17N3O5. The highest BCUT2D eigenvalue weighted by atomic mass is 16.6. The molecule has 0 unspecified atom stereocenters. The molecule has 0 saturated heterocycles. The van der Waals surface area contributed by atoms with Crippen LogP contribution in [-0.4, -0.2) is 28.7 Å². The molecule has 1 aliphatic heterocycles. The molecule has 29 heavy (non-hydrogen) atoms. The van der Waals surface area contributed by atoms with E-state index in [1.165, 1.54) is 26.1 Å². The van der Waals surface area contributed by atoms with Crippen LogP contribution in [0.15, 0.2) is 45.4 Å². The summed E-state index contributed by atoms with van der Waals surface area (Å²) in [6.07, 6.45) is 1.42. The second-order valence-corrected chi connectivity index (χ2v) is 6.75. The summed E-state index contributed by atoms with van der Waals surface area (Å²) in [6.45, 7) is 5.16. The zero-order chi connectivity index (χ0) is 21.5. The predicted octanol–water partition coefficient (Wildman–Crippen LogP) is 3.69. The minimum absolute atomic E-state index is 0.0800. The number of carbonyl (C=O) groups is 2. The summed E-state index contributed by atoms with van der Waals surface area (Å²) in [6, 6.07) is 8.15. The smallest absolute Gasteiger partial charge is 0.280 e. The van der Waals surface area contributed by atoms with E-state index in [4.69, 9.17) is 4.42 Å². The molecule has 0 spiro atoms. The van der Waals surface area contributed by atoms with Crippen LogP contribution in [0.2, 0.25) is 0 Å². The molecule has 8 nitrogen and oxygen atoms in total. The molecule has 0 fully saturated rings. The summed E-state index contributed by atoms with van der Waals surface area (Å²) in [5.41, 5.74) is 2.21. The third-order valence-electron chi connectivity index (χ3n) is 4.93.